The van der Waals surface area contributed by atoms with Crippen LogP contribution in [0, 0.1) is 0 Å². The van der Waals surface area contributed by atoms with Gasteiger partial charge in [-0.1, -0.05) is 24.3 Å². The minimum absolute atomic E-state index is 0.504. The molecule has 1 aromatic heterocycles. The SMILES string of the molecule is COCc1nc2ccccc2n1Cc1ccc(N)cc1. The highest BCUT2D eigenvalue weighted by atomic mass is 16.5. The molecule has 4 heteroatoms. The first kappa shape index (κ1) is 12.7. The number of methoxy groups -OCH3 is 1. The Morgan fingerprint density at radius 1 is 1.10 bits per heavy atom. The molecule has 0 aliphatic carbocycles. The van der Waals surface area contributed by atoms with E-state index >= 15 is 0 Å². The first-order chi connectivity index (χ1) is 9.78. The van der Waals surface area contributed by atoms with Gasteiger partial charge in [-0.25, -0.2) is 4.98 Å². The molecule has 4 nitrogen and oxygen atoms in total. The van der Waals surface area contributed by atoms with Crippen molar-refractivity contribution >= 4 is 16.7 Å². The minimum Gasteiger partial charge on any atom is -0.399 e. The second-order valence-electron chi connectivity index (χ2n) is 4.78. The number of hydrogen-bond donors (Lipinski definition) is 1. The molecule has 3 aromatic rings. The molecule has 0 bridgehead atoms. The van der Waals surface area contributed by atoms with E-state index < -0.39 is 0 Å². The van der Waals surface area contributed by atoms with Crippen LogP contribution in [-0.4, -0.2) is 16.7 Å². The summed E-state index contributed by atoms with van der Waals surface area (Å²) in [5.74, 6) is 0.936. The number of para-hydroxylation sites is 2. The van der Waals surface area contributed by atoms with E-state index in [0.717, 1.165) is 29.1 Å². The number of fused-ring (bicyclic) bond motifs is 1. The number of anilines is 1. The Hall–Kier alpha value is -2.33. The summed E-state index contributed by atoms with van der Waals surface area (Å²) < 4.78 is 7.44. The summed E-state index contributed by atoms with van der Waals surface area (Å²) >= 11 is 0. The van der Waals surface area contributed by atoms with Gasteiger partial charge in [0, 0.05) is 19.3 Å². The lowest BCUT2D eigenvalue weighted by Gasteiger charge is -2.09. The topological polar surface area (TPSA) is 53.1 Å². The van der Waals surface area contributed by atoms with E-state index in [-0.39, 0.29) is 0 Å². The Labute approximate surface area is 117 Å². The Morgan fingerprint density at radius 3 is 2.60 bits per heavy atom. The van der Waals surface area contributed by atoms with Gasteiger partial charge >= 0.3 is 0 Å². The Morgan fingerprint density at radius 2 is 1.85 bits per heavy atom. The Kier molecular flexibility index (Phi) is 3.39. The van der Waals surface area contributed by atoms with Crippen LogP contribution in [0.2, 0.25) is 0 Å². The molecule has 0 aliphatic heterocycles. The van der Waals surface area contributed by atoms with E-state index in [2.05, 4.69) is 15.6 Å². The lowest BCUT2D eigenvalue weighted by atomic mass is 10.2. The van der Waals surface area contributed by atoms with Crippen LogP contribution in [0.15, 0.2) is 48.5 Å². The fourth-order valence-electron chi connectivity index (χ4n) is 2.35. The molecular weight excluding hydrogens is 250 g/mol. The average molecular weight is 267 g/mol. The Balaban J connectivity index is 2.04. The van der Waals surface area contributed by atoms with Crippen LogP contribution in [0.3, 0.4) is 0 Å². The Bertz CT molecular complexity index is 716. The maximum atomic E-state index is 5.73. The molecule has 2 aromatic carbocycles. The van der Waals surface area contributed by atoms with Crippen LogP contribution in [-0.2, 0) is 17.9 Å². The normalized spacial score (nSPS) is 11.1. The van der Waals surface area contributed by atoms with E-state index in [0.29, 0.717) is 6.61 Å². The summed E-state index contributed by atoms with van der Waals surface area (Å²) in [6, 6.07) is 16.1. The van der Waals surface area contributed by atoms with E-state index in [9.17, 15) is 0 Å². The third-order valence-electron chi connectivity index (χ3n) is 3.33. The lowest BCUT2D eigenvalue weighted by molar-refractivity contribution is 0.175. The van der Waals surface area contributed by atoms with Crippen molar-refractivity contribution in [1.82, 2.24) is 9.55 Å². The zero-order chi connectivity index (χ0) is 13.9. The van der Waals surface area contributed by atoms with Crippen LogP contribution in [0.5, 0.6) is 0 Å². The summed E-state index contributed by atoms with van der Waals surface area (Å²) in [6.45, 7) is 1.27. The smallest absolute Gasteiger partial charge is 0.136 e. The number of ether oxygens (including phenoxy) is 1. The van der Waals surface area contributed by atoms with Crippen molar-refractivity contribution in [3.05, 3.63) is 59.9 Å². The molecule has 3 rings (SSSR count). The fourth-order valence-corrected chi connectivity index (χ4v) is 2.35. The lowest BCUT2D eigenvalue weighted by Crippen LogP contribution is -2.06. The van der Waals surface area contributed by atoms with E-state index in [1.54, 1.807) is 7.11 Å². The number of nitrogens with zero attached hydrogens (tertiary/aromatic N) is 2. The zero-order valence-corrected chi connectivity index (χ0v) is 11.4. The highest BCUT2D eigenvalue weighted by Crippen LogP contribution is 2.19. The van der Waals surface area contributed by atoms with Gasteiger partial charge in [0.1, 0.15) is 12.4 Å². The predicted octanol–water partition coefficient (Wildman–Crippen LogP) is 2.81. The molecule has 0 saturated heterocycles. The predicted molar refractivity (Wildman–Crippen MR) is 80.4 cm³/mol. The van der Waals surface area contributed by atoms with Gasteiger partial charge in [-0.15, -0.1) is 0 Å². The van der Waals surface area contributed by atoms with Gasteiger partial charge in [-0.05, 0) is 29.8 Å². The average Bonchev–Trinajstić information content (AvgIpc) is 2.80. The van der Waals surface area contributed by atoms with Crippen LogP contribution in [0.25, 0.3) is 11.0 Å². The van der Waals surface area contributed by atoms with E-state index in [4.69, 9.17) is 10.5 Å². The first-order valence-electron chi connectivity index (χ1n) is 6.55. The van der Waals surface area contributed by atoms with Gasteiger partial charge in [0.05, 0.1) is 11.0 Å². The van der Waals surface area contributed by atoms with Crippen molar-refractivity contribution in [3.63, 3.8) is 0 Å². The van der Waals surface area contributed by atoms with Gasteiger partial charge in [-0.2, -0.15) is 0 Å². The number of benzene rings is 2. The van der Waals surface area contributed by atoms with Crippen molar-refractivity contribution in [2.24, 2.45) is 0 Å². The molecule has 0 spiro atoms. The van der Waals surface area contributed by atoms with E-state index in [1.165, 1.54) is 5.56 Å². The number of nitrogens with two attached hydrogens (primary N) is 1. The maximum Gasteiger partial charge on any atom is 0.136 e. The van der Waals surface area contributed by atoms with Crippen LogP contribution in [0.1, 0.15) is 11.4 Å². The largest absolute Gasteiger partial charge is 0.399 e. The molecule has 0 amide bonds. The van der Waals surface area contributed by atoms with Gasteiger partial charge in [0.25, 0.3) is 0 Å². The number of rotatable bonds is 4. The number of hydrogen-bond acceptors (Lipinski definition) is 3. The molecular formula is C16H17N3O. The summed E-state index contributed by atoms with van der Waals surface area (Å²) in [7, 11) is 1.69. The summed E-state index contributed by atoms with van der Waals surface area (Å²) in [4.78, 5) is 4.63. The second-order valence-corrected chi connectivity index (χ2v) is 4.78. The molecule has 2 N–H and O–H groups in total. The van der Waals surface area contributed by atoms with Crippen molar-refractivity contribution in [2.75, 3.05) is 12.8 Å². The van der Waals surface area contributed by atoms with Gasteiger partial charge in [0.2, 0.25) is 0 Å². The maximum absolute atomic E-state index is 5.73. The molecule has 0 unspecified atom stereocenters. The summed E-state index contributed by atoms with van der Waals surface area (Å²) in [6.07, 6.45) is 0. The van der Waals surface area contributed by atoms with Gasteiger partial charge in [-0.3, -0.25) is 0 Å². The van der Waals surface area contributed by atoms with Crippen LogP contribution < -0.4 is 5.73 Å². The van der Waals surface area contributed by atoms with Gasteiger partial charge in [0.15, 0.2) is 0 Å². The van der Waals surface area contributed by atoms with Crippen LogP contribution in [0.4, 0.5) is 5.69 Å². The minimum atomic E-state index is 0.504. The van der Waals surface area contributed by atoms with Crippen molar-refractivity contribution in [1.29, 1.82) is 0 Å². The van der Waals surface area contributed by atoms with Crippen molar-refractivity contribution in [3.8, 4) is 0 Å². The first-order valence-corrected chi connectivity index (χ1v) is 6.55. The molecule has 0 fully saturated rings. The third-order valence-corrected chi connectivity index (χ3v) is 3.33. The highest BCUT2D eigenvalue weighted by molar-refractivity contribution is 5.76. The molecule has 102 valence electrons. The summed E-state index contributed by atoms with van der Waals surface area (Å²) in [5, 5.41) is 0. The number of imidazole rings is 1. The van der Waals surface area contributed by atoms with Crippen molar-refractivity contribution < 1.29 is 4.74 Å². The monoisotopic (exact) mass is 267 g/mol. The number of aromatic nitrogens is 2. The molecule has 0 aliphatic rings. The second kappa shape index (κ2) is 5.35. The zero-order valence-electron chi connectivity index (χ0n) is 11.4. The molecule has 0 saturated carbocycles. The molecule has 0 atom stereocenters. The third kappa shape index (κ3) is 2.38. The van der Waals surface area contributed by atoms with Crippen LogP contribution >= 0.6 is 0 Å². The highest BCUT2D eigenvalue weighted by Gasteiger charge is 2.10. The quantitative estimate of drug-likeness (QED) is 0.739. The molecule has 20 heavy (non-hydrogen) atoms. The van der Waals surface area contributed by atoms with Crippen molar-refractivity contribution in [2.45, 2.75) is 13.2 Å². The number of nitrogen functional groups attached to an aromatic ring is 1. The fraction of sp³-hybridized carbons (Fsp3) is 0.188. The summed E-state index contributed by atoms with van der Waals surface area (Å²) in [5.41, 5.74) is 9.82. The van der Waals surface area contributed by atoms with E-state index in [1.807, 2.05) is 42.5 Å². The molecule has 0 radical (unpaired) electrons. The molecule has 1 heterocycles. The standard InChI is InChI=1S/C16H17N3O/c1-20-11-16-18-14-4-2-3-5-15(14)19(16)10-12-6-8-13(17)9-7-12/h2-9H,10-11,17H2,1H3. The van der Waals surface area contributed by atoms with Gasteiger partial charge < -0.3 is 15.0 Å².